The third-order valence-corrected chi connectivity index (χ3v) is 3.93. The van der Waals surface area contributed by atoms with Crippen LogP contribution in [0.25, 0.3) is 10.6 Å². The summed E-state index contributed by atoms with van der Waals surface area (Å²) in [6.07, 6.45) is 4.20. The highest BCUT2D eigenvalue weighted by molar-refractivity contribution is 7.15. The molecule has 0 amide bonds. The van der Waals surface area contributed by atoms with Crippen LogP contribution in [-0.4, -0.2) is 21.0 Å². The van der Waals surface area contributed by atoms with E-state index in [1.165, 1.54) is 0 Å². The van der Waals surface area contributed by atoms with E-state index >= 15 is 0 Å². The van der Waals surface area contributed by atoms with Crippen molar-refractivity contribution in [3.05, 3.63) is 35.1 Å². The van der Waals surface area contributed by atoms with Gasteiger partial charge in [0.05, 0.1) is 12.1 Å². The smallest absolute Gasteiger partial charge is 0.303 e. The molecule has 1 N–H and O–H groups in total. The number of rotatable bonds is 5. The van der Waals surface area contributed by atoms with Crippen LogP contribution >= 0.6 is 11.3 Å². The van der Waals surface area contributed by atoms with E-state index in [2.05, 4.69) is 23.8 Å². The lowest BCUT2D eigenvalue weighted by Crippen LogP contribution is -1.99. The Kier molecular flexibility index (Phi) is 4.27. The van der Waals surface area contributed by atoms with E-state index in [4.69, 9.17) is 5.11 Å². The molecular formula is C14H16N2O2S. The van der Waals surface area contributed by atoms with Crippen molar-refractivity contribution in [3.8, 4) is 10.6 Å². The Morgan fingerprint density at radius 2 is 2.26 bits per heavy atom. The zero-order valence-electron chi connectivity index (χ0n) is 11.0. The number of pyridine rings is 1. The first-order chi connectivity index (χ1) is 9.08. The van der Waals surface area contributed by atoms with E-state index in [-0.39, 0.29) is 6.42 Å². The van der Waals surface area contributed by atoms with Gasteiger partial charge < -0.3 is 5.11 Å². The zero-order chi connectivity index (χ0) is 13.8. The topological polar surface area (TPSA) is 63.1 Å². The Hall–Kier alpha value is -1.75. The van der Waals surface area contributed by atoms with Crippen molar-refractivity contribution in [3.63, 3.8) is 0 Å². The van der Waals surface area contributed by atoms with Crippen LogP contribution in [0.2, 0.25) is 0 Å². The van der Waals surface area contributed by atoms with E-state index in [1.54, 1.807) is 23.7 Å². The maximum Gasteiger partial charge on any atom is 0.303 e. The SMILES string of the molecule is CC(C)c1nc(-c2cccnc2)sc1CCC(=O)O. The molecule has 0 aliphatic rings. The number of hydrogen-bond acceptors (Lipinski definition) is 4. The number of carbonyl (C=O) groups is 1. The molecule has 19 heavy (non-hydrogen) atoms. The van der Waals surface area contributed by atoms with Crippen LogP contribution in [0.5, 0.6) is 0 Å². The third-order valence-electron chi connectivity index (χ3n) is 2.75. The molecule has 2 aromatic rings. The summed E-state index contributed by atoms with van der Waals surface area (Å²) in [6.45, 7) is 4.15. The maximum atomic E-state index is 10.7. The van der Waals surface area contributed by atoms with Gasteiger partial charge in [-0.2, -0.15) is 0 Å². The molecule has 0 unspecified atom stereocenters. The number of hydrogen-bond donors (Lipinski definition) is 1. The first-order valence-electron chi connectivity index (χ1n) is 6.19. The third kappa shape index (κ3) is 3.38. The molecule has 0 atom stereocenters. The highest BCUT2D eigenvalue weighted by atomic mass is 32.1. The summed E-state index contributed by atoms with van der Waals surface area (Å²) >= 11 is 1.57. The Morgan fingerprint density at radius 1 is 1.47 bits per heavy atom. The fourth-order valence-corrected chi connectivity index (χ4v) is 3.03. The summed E-state index contributed by atoms with van der Waals surface area (Å²) in [5.41, 5.74) is 1.99. The van der Waals surface area contributed by atoms with Crippen molar-refractivity contribution in [1.29, 1.82) is 0 Å². The second-order valence-electron chi connectivity index (χ2n) is 4.62. The van der Waals surface area contributed by atoms with Crippen molar-refractivity contribution in [2.75, 3.05) is 0 Å². The summed E-state index contributed by atoms with van der Waals surface area (Å²) in [4.78, 5) is 20.5. The van der Waals surface area contributed by atoms with Crippen LogP contribution in [0.3, 0.4) is 0 Å². The second kappa shape index (κ2) is 5.93. The van der Waals surface area contributed by atoms with Gasteiger partial charge in [0.2, 0.25) is 0 Å². The summed E-state index contributed by atoms with van der Waals surface area (Å²) in [5.74, 6) is -0.475. The second-order valence-corrected chi connectivity index (χ2v) is 5.70. The zero-order valence-corrected chi connectivity index (χ0v) is 11.8. The molecule has 2 aromatic heterocycles. The number of carboxylic acid groups (broad SMARTS) is 1. The lowest BCUT2D eigenvalue weighted by atomic mass is 10.1. The van der Waals surface area contributed by atoms with Crippen molar-refractivity contribution in [1.82, 2.24) is 9.97 Å². The fourth-order valence-electron chi connectivity index (χ4n) is 1.83. The first kappa shape index (κ1) is 13.7. The molecule has 0 radical (unpaired) electrons. The van der Waals surface area contributed by atoms with Crippen molar-refractivity contribution >= 4 is 17.3 Å². The number of carboxylic acids is 1. The van der Waals surface area contributed by atoms with Crippen molar-refractivity contribution < 1.29 is 9.90 Å². The number of aryl methyl sites for hydroxylation is 1. The quantitative estimate of drug-likeness (QED) is 0.909. The Morgan fingerprint density at radius 3 is 2.84 bits per heavy atom. The van der Waals surface area contributed by atoms with Crippen LogP contribution in [0.4, 0.5) is 0 Å². The van der Waals surface area contributed by atoms with E-state index in [0.717, 1.165) is 21.1 Å². The largest absolute Gasteiger partial charge is 0.481 e. The van der Waals surface area contributed by atoms with E-state index < -0.39 is 5.97 Å². The van der Waals surface area contributed by atoms with Gasteiger partial charge >= 0.3 is 5.97 Å². The van der Waals surface area contributed by atoms with E-state index in [0.29, 0.717) is 12.3 Å². The molecule has 0 aliphatic carbocycles. The molecule has 0 aromatic carbocycles. The summed E-state index contributed by atoms with van der Waals surface area (Å²) in [6, 6.07) is 3.85. The van der Waals surface area contributed by atoms with E-state index in [9.17, 15) is 4.79 Å². The molecule has 2 rings (SSSR count). The van der Waals surface area contributed by atoms with Crippen LogP contribution < -0.4 is 0 Å². The van der Waals surface area contributed by atoms with Gasteiger partial charge in [-0.3, -0.25) is 9.78 Å². The summed E-state index contributed by atoms with van der Waals surface area (Å²) in [5, 5.41) is 9.72. The molecule has 100 valence electrons. The monoisotopic (exact) mass is 276 g/mol. The highest BCUT2D eigenvalue weighted by Gasteiger charge is 2.16. The van der Waals surface area contributed by atoms with Gasteiger partial charge in [0, 0.05) is 22.8 Å². The van der Waals surface area contributed by atoms with Crippen LogP contribution in [-0.2, 0) is 11.2 Å². The van der Waals surface area contributed by atoms with Gasteiger partial charge in [-0.1, -0.05) is 13.8 Å². The standard InChI is InChI=1S/C14H16N2O2S/c1-9(2)13-11(5-6-12(17)18)19-14(16-13)10-4-3-7-15-8-10/h3-4,7-9H,5-6H2,1-2H3,(H,17,18). The number of thiazole rings is 1. The molecule has 0 fully saturated rings. The summed E-state index contributed by atoms with van der Waals surface area (Å²) in [7, 11) is 0. The Bertz CT molecular complexity index is 564. The van der Waals surface area contributed by atoms with Gasteiger partial charge in [-0.05, 0) is 24.5 Å². The molecule has 2 heterocycles. The predicted molar refractivity (Wildman–Crippen MR) is 75.4 cm³/mol. The molecule has 0 bridgehead atoms. The molecule has 0 saturated carbocycles. The lowest BCUT2D eigenvalue weighted by molar-refractivity contribution is -0.136. The average Bonchev–Trinajstić information content (AvgIpc) is 2.81. The highest BCUT2D eigenvalue weighted by Crippen LogP contribution is 2.32. The normalized spacial score (nSPS) is 10.9. The molecule has 0 saturated heterocycles. The lowest BCUT2D eigenvalue weighted by Gasteiger charge is -2.03. The van der Waals surface area contributed by atoms with Crippen LogP contribution in [0.15, 0.2) is 24.5 Å². The van der Waals surface area contributed by atoms with Crippen LogP contribution in [0.1, 0.15) is 36.8 Å². The van der Waals surface area contributed by atoms with Crippen molar-refractivity contribution in [2.24, 2.45) is 0 Å². The minimum atomic E-state index is -0.772. The van der Waals surface area contributed by atoms with Gasteiger partial charge in [-0.15, -0.1) is 11.3 Å². The van der Waals surface area contributed by atoms with Crippen LogP contribution in [0, 0.1) is 0 Å². The van der Waals surface area contributed by atoms with Gasteiger partial charge in [0.25, 0.3) is 0 Å². The fraction of sp³-hybridized carbons (Fsp3) is 0.357. The maximum absolute atomic E-state index is 10.7. The van der Waals surface area contributed by atoms with Gasteiger partial charge in [-0.25, -0.2) is 4.98 Å². The van der Waals surface area contributed by atoms with Gasteiger partial charge in [0.15, 0.2) is 0 Å². The van der Waals surface area contributed by atoms with Gasteiger partial charge in [0.1, 0.15) is 5.01 Å². The molecule has 5 heteroatoms. The van der Waals surface area contributed by atoms with Crippen molar-refractivity contribution in [2.45, 2.75) is 32.6 Å². The minimum absolute atomic E-state index is 0.147. The summed E-state index contributed by atoms with van der Waals surface area (Å²) < 4.78 is 0. The Balaban J connectivity index is 2.32. The van der Waals surface area contributed by atoms with E-state index in [1.807, 2.05) is 12.1 Å². The number of aliphatic carboxylic acids is 1. The predicted octanol–water partition coefficient (Wildman–Crippen LogP) is 3.35. The Labute approximate surface area is 116 Å². The first-order valence-corrected chi connectivity index (χ1v) is 7.01. The number of nitrogens with zero attached hydrogens (tertiary/aromatic N) is 2. The molecular weight excluding hydrogens is 260 g/mol. The average molecular weight is 276 g/mol. The molecule has 0 spiro atoms. The molecule has 4 nitrogen and oxygen atoms in total. The minimum Gasteiger partial charge on any atom is -0.481 e. The molecule has 0 aliphatic heterocycles. The number of aromatic nitrogens is 2.